The van der Waals surface area contributed by atoms with E-state index in [1.54, 1.807) is 16.4 Å². The molecule has 2 heterocycles. The number of carbonyl (C=O) groups excluding carboxylic acids is 1. The van der Waals surface area contributed by atoms with Gasteiger partial charge in [-0.05, 0) is 30.9 Å². The number of nitrogens with one attached hydrogen (secondary N) is 1. The molecule has 2 aromatic rings. The average molecular weight is 361 g/mol. The Morgan fingerprint density at radius 2 is 2.00 bits per heavy atom. The van der Waals surface area contributed by atoms with Crippen LogP contribution in [0.25, 0.3) is 0 Å². The number of fused-ring (bicyclic) bond motifs is 1. The zero-order chi connectivity index (χ0) is 17.3. The van der Waals surface area contributed by atoms with E-state index in [4.69, 9.17) is 5.10 Å². The first-order valence-corrected chi connectivity index (χ1v) is 9.76. The van der Waals surface area contributed by atoms with E-state index < -0.39 is 0 Å². The van der Waals surface area contributed by atoms with E-state index in [1.807, 2.05) is 44.4 Å². The van der Waals surface area contributed by atoms with Crippen molar-refractivity contribution in [2.24, 2.45) is 11.0 Å². The first kappa shape index (κ1) is 17.0. The zero-order valence-corrected chi connectivity index (χ0v) is 15.6. The van der Waals surface area contributed by atoms with Crippen molar-refractivity contribution in [3.05, 3.63) is 29.8 Å². The molecule has 1 aliphatic rings. The van der Waals surface area contributed by atoms with Crippen molar-refractivity contribution < 1.29 is 4.79 Å². The molecule has 6 nitrogen and oxygen atoms in total. The van der Waals surface area contributed by atoms with Gasteiger partial charge in [-0.2, -0.15) is 9.78 Å². The fourth-order valence-corrected chi connectivity index (χ4v) is 3.65. The summed E-state index contributed by atoms with van der Waals surface area (Å²) in [6.07, 6.45) is 1.96. The Balaban J connectivity index is 1.87. The Hall–Kier alpha value is -1.80. The van der Waals surface area contributed by atoms with Crippen LogP contribution in [-0.2, 0) is 4.79 Å². The summed E-state index contributed by atoms with van der Waals surface area (Å²) in [6.45, 7) is 5.85. The molecule has 0 saturated carbocycles. The van der Waals surface area contributed by atoms with Gasteiger partial charge in [0.2, 0.25) is 16.2 Å². The highest BCUT2D eigenvalue weighted by Crippen LogP contribution is 2.32. The molecule has 0 unspecified atom stereocenters. The van der Waals surface area contributed by atoms with Crippen molar-refractivity contribution in [3.63, 3.8) is 0 Å². The van der Waals surface area contributed by atoms with E-state index in [0.717, 1.165) is 27.3 Å². The molecule has 0 fully saturated rings. The van der Waals surface area contributed by atoms with Crippen molar-refractivity contribution in [2.45, 2.75) is 36.3 Å². The van der Waals surface area contributed by atoms with E-state index in [9.17, 15) is 4.79 Å². The summed E-state index contributed by atoms with van der Waals surface area (Å²) >= 11 is 3.17. The quantitative estimate of drug-likeness (QED) is 0.846. The second kappa shape index (κ2) is 6.98. The summed E-state index contributed by atoms with van der Waals surface area (Å²) in [5.74, 6) is -0.0265. The molecule has 1 amide bonds. The maximum atomic E-state index is 11.8. The maximum Gasteiger partial charge on any atom is 0.226 e. The number of rotatable bonds is 4. The molecular weight excluding hydrogens is 342 g/mol. The van der Waals surface area contributed by atoms with Gasteiger partial charge in [0.15, 0.2) is 0 Å². The molecule has 0 spiro atoms. The van der Waals surface area contributed by atoms with Gasteiger partial charge in [0.05, 0.1) is 11.0 Å². The van der Waals surface area contributed by atoms with Crippen LogP contribution in [0, 0.1) is 5.92 Å². The third-order valence-corrected chi connectivity index (χ3v) is 5.28. The molecular formula is C16H19N5OS2. The van der Waals surface area contributed by atoms with Crippen LogP contribution in [0.2, 0.25) is 0 Å². The number of carbonyl (C=O) groups is 1. The molecule has 0 saturated heterocycles. The standard InChI is InChI=1S/C16H19N5OS2/c1-9(2)14(22)17-12-7-5-11(6-8-12)13-10(3)24-16-19-18-15(23-4)21(16)20-13/h5-10H,1-4H3,(H,17,22)/t10-/m0/s1. The molecule has 1 aliphatic heterocycles. The highest BCUT2D eigenvalue weighted by atomic mass is 32.2. The zero-order valence-electron chi connectivity index (χ0n) is 14.0. The van der Waals surface area contributed by atoms with Crippen molar-refractivity contribution >= 4 is 40.8 Å². The van der Waals surface area contributed by atoms with E-state index in [1.165, 1.54) is 11.8 Å². The molecule has 1 atom stereocenters. The highest BCUT2D eigenvalue weighted by molar-refractivity contribution is 8.00. The van der Waals surface area contributed by atoms with Crippen LogP contribution in [0.15, 0.2) is 39.7 Å². The Kier molecular flexibility index (Phi) is 4.96. The number of hydrogen-bond donors (Lipinski definition) is 1. The van der Waals surface area contributed by atoms with Crippen LogP contribution >= 0.6 is 23.5 Å². The lowest BCUT2D eigenvalue weighted by molar-refractivity contribution is -0.118. The Bertz CT molecular complexity index is 782. The van der Waals surface area contributed by atoms with Crippen molar-refractivity contribution in [3.8, 4) is 0 Å². The molecule has 1 aromatic heterocycles. The molecule has 3 rings (SSSR count). The van der Waals surface area contributed by atoms with Gasteiger partial charge in [0.1, 0.15) is 0 Å². The SMILES string of the molecule is CSc1nnc2n1N=C(c1ccc(NC(=O)C(C)C)cc1)[C@H](C)S2. The van der Waals surface area contributed by atoms with E-state index in [0.29, 0.717) is 0 Å². The van der Waals surface area contributed by atoms with Crippen molar-refractivity contribution in [2.75, 3.05) is 11.6 Å². The van der Waals surface area contributed by atoms with Gasteiger partial charge >= 0.3 is 0 Å². The lowest BCUT2D eigenvalue weighted by Crippen LogP contribution is -2.22. The van der Waals surface area contributed by atoms with Gasteiger partial charge in [0.25, 0.3) is 0 Å². The lowest BCUT2D eigenvalue weighted by Gasteiger charge is -2.19. The van der Waals surface area contributed by atoms with Crippen LogP contribution in [0.5, 0.6) is 0 Å². The predicted octanol–water partition coefficient (Wildman–Crippen LogP) is 3.34. The van der Waals surface area contributed by atoms with Crippen molar-refractivity contribution in [1.29, 1.82) is 0 Å². The largest absolute Gasteiger partial charge is 0.326 e. The van der Waals surface area contributed by atoms with Crippen LogP contribution in [0.4, 0.5) is 5.69 Å². The highest BCUT2D eigenvalue weighted by Gasteiger charge is 2.25. The van der Waals surface area contributed by atoms with Gasteiger partial charge in [0, 0.05) is 11.6 Å². The number of benzene rings is 1. The molecule has 24 heavy (non-hydrogen) atoms. The second-order valence-electron chi connectivity index (χ2n) is 5.75. The number of aromatic nitrogens is 3. The predicted molar refractivity (Wildman–Crippen MR) is 99.0 cm³/mol. The number of amides is 1. The normalized spacial score (nSPS) is 16.7. The third-order valence-electron chi connectivity index (χ3n) is 3.61. The fraction of sp³-hybridized carbons (Fsp3) is 0.375. The summed E-state index contributed by atoms with van der Waals surface area (Å²) in [4.78, 5) is 11.8. The van der Waals surface area contributed by atoms with Crippen LogP contribution < -0.4 is 5.32 Å². The summed E-state index contributed by atoms with van der Waals surface area (Å²) in [5.41, 5.74) is 2.80. The van der Waals surface area contributed by atoms with Crippen LogP contribution in [0.1, 0.15) is 26.3 Å². The minimum absolute atomic E-state index is 0.0143. The minimum Gasteiger partial charge on any atom is -0.326 e. The number of nitrogens with zero attached hydrogens (tertiary/aromatic N) is 4. The number of anilines is 1. The van der Waals surface area contributed by atoms with Gasteiger partial charge in [-0.15, -0.1) is 10.2 Å². The summed E-state index contributed by atoms with van der Waals surface area (Å²) in [6, 6.07) is 7.79. The Morgan fingerprint density at radius 3 is 2.62 bits per heavy atom. The van der Waals surface area contributed by atoms with E-state index >= 15 is 0 Å². The summed E-state index contributed by atoms with van der Waals surface area (Å²) < 4.78 is 1.79. The number of thioether (sulfide) groups is 2. The Labute approximate surface area is 149 Å². The second-order valence-corrected chi connectivity index (χ2v) is 7.83. The summed E-state index contributed by atoms with van der Waals surface area (Å²) in [5, 5.41) is 17.7. The average Bonchev–Trinajstić information content (AvgIpc) is 2.96. The third kappa shape index (κ3) is 3.34. The summed E-state index contributed by atoms with van der Waals surface area (Å²) in [7, 11) is 0. The molecule has 126 valence electrons. The van der Waals surface area contributed by atoms with Gasteiger partial charge in [-0.25, -0.2) is 0 Å². The lowest BCUT2D eigenvalue weighted by atomic mass is 10.1. The van der Waals surface area contributed by atoms with E-state index in [-0.39, 0.29) is 17.1 Å². The van der Waals surface area contributed by atoms with Gasteiger partial charge in [-0.1, -0.05) is 49.5 Å². The monoisotopic (exact) mass is 361 g/mol. The first-order chi connectivity index (χ1) is 11.5. The minimum atomic E-state index is -0.0408. The van der Waals surface area contributed by atoms with Crippen LogP contribution in [-0.4, -0.2) is 38.0 Å². The first-order valence-electron chi connectivity index (χ1n) is 7.66. The van der Waals surface area contributed by atoms with Crippen molar-refractivity contribution in [1.82, 2.24) is 14.9 Å². The maximum absolute atomic E-state index is 11.8. The Morgan fingerprint density at radius 1 is 1.29 bits per heavy atom. The molecule has 0 aliphatic carbocycles. The molecule has 0 bridgehead atoms. The fourth-order valence-electron chi connectivity index (χ4n) is 2.24. The van der Waals surface area contributed by atoms with E-state index in [2.05, 4.69) is 22.4 Å². The number of hydrogen-bond acceptors (Lipinski definition) is 6. The smallest absolute Gasteiger partial charge is 0.226 e. The molecule has 1 N–H and O–H groups in total. The topological polar surface area (TPSA) is 72.2 Å². The molecule has 1 aromatic carbocycles. The van der Waals surface area contributed by atoms with Crippen LogP contribution in [0.3, 0.4) is 0 Å². The van der Waals surface area contributed by atoms with Gasteiger partial charge < -0.3 is 5.32 Å². The van der Waals surface area contributed by atoms with Gasteiger partial charge in [-0.3, -0.25) is 4.79 Å². The molecule has 0 radical (unpaired) electrons. The molecule has 8 heteroatoms.